The quantitative estimate of drug-likeness (QED) is 0.719. The molecule has 3 atom stereocenters. The van der Waals surface area contributed by atoms with Crippen LogP contribution in [-0.4, -0.2) is 34.4 Å². The van der Waals surface area contributed by atoms with Crippen LogP contribution < -0.4 is 9.47 Å². The summed E-state index contributed by atoms with van der Waals surface area (Å²) in [4.78, 5) is 11.4. The van der Waals surface area contributed by atoms with E-state index in [1.165, 1.54) is 7.11 Å². The van der Waals surface area contributed by atoms with E-state index in [-0.39, 0.29) is 18.0 Å². The zero-order valence-electron chi connectivity index (χ0n) is 14.3. The minimum atomic E-state index is -0.449. The van der Waals surface area contributed by atoms with Crippen molar-refractivity contribution in [2.75, 3.05) is 28.4 Å². The van der Waals surface area contributed by atoms with Crippen molar-refractivity contribution < 1.29 is 28.5 Å². The van der Waals surface area contributed by atoms with E-state index < -0.39 is 6.29 Å². The summed E-state index contributed by atoms with van der Waals surface area (Å²) in [5.41, 5.74) is 1.94. The highest BCUT2D eigenvalue weighted by Crippen LogP contribution is 2.48. The fourth-order valence-corrected chi connectivity index (χ4v) is 2.86. The maximum absolute atomic E-state index is 11.4. The van der Waals surface area contributed by atoms with Gasteiger partial charge in [-0.1, -0.05) is 6.92 Å². The average molecular weight is 324 g/mol. The van der Waals surface area contributed by atoms with Crippen molar-refractivity contribution >= 4 is 5.97 Å². The van der Waals surface area contributed by atoms with Crippen LogP contribution in [0.3, 0.4) is 0 Å². The first-order valence-corrected chi connectivity index (χ1v) is 7.56. The summed E-state index contributed by atoms with van der Waals surface area (Å²) >= 11 is 0. The van der Waals surface area contributed by atoms with Crippen molar-refractivity contribution in [2.24, 2.45) is 5.92 Å². The Bertz CT molecular complexity index is 556. The summed E-state index contributed by atoms with van der Waals surface area (Å²) in [6.45, 7) is 2.05. The molecule has 0 aromatic heterocycles. The molecule has 0 saturated heterocycles. The third-order valence-corrected chi connectivity index (χ3v) is 4.18. The molecule has 1 aliphatic heterocycles. The van der Waals surface area contributed by atoms with Crippen LogP contribution in [0.4, 0.5) is 0 Å². The van der Waals surface area contributed by atoms with Gasteiger partial charge < -0.3 is 23.7 Å². The Morgan fingerprint density at radius 3 is 2.26 bits per heavy atom. The predicted octanol–water partition coefficient (Wildman–Crippen LogP) is 3.01. The van der Waals surface area contributed by atoms with Gasteiger partial charge in [0.05, 0.1) is 27.4 Å². The summed E-state index contributed by atoms with van der Waals surface area (Å²) in [7, 11) is 6.20. The molecule has 1 aliphatic rings. The number of hydrogen-bond donors (Lipinski definition) is 0. The third-order valence-electron chi connectivity index (χ3n) is 4.18. The summed E-state index contributed by atoms with van der Waals surface area (Å²) in [5, 5.41) is 0. The fraction of sp³-hybridized carbons (Fsp3) is 0.588. The number of methoxy groups -OCH3 is 4. The topological polar surface area (TPSA) is 63.2 Å². The smallest absolute Gasteiger partial charge is 0.305 e. The van der Waals surface area contributed by atoms with E-state index in [4.69, 9.17) is 23.7 Å². The minimum Gasteiger partial charge on any atom is -0.493 e. The Labute approximate surface area is 136 Å². The Hall–Kier alpha value is -1.79. The molecule has 0 amide bonds. The highest BCUT2D eigenvalue weighted by molar-refractivity contribution is 5.69. The van der Waals surface area contributed by atoms with Gasteiger partial charge in [-0.2, -0.15) is 0 Å². The normalized spacial score (nSPS) is 20.7. The molecule has 0 saturated carbocycles. The summed E-state index contributed by atoms with van der Waals surface area (Å²) < 4.78 is 26.9. The number of carbonyl (C=O) groups excluding carboxylic acids is 1. The standard InChI is InChI=1S/C17H24O6/c1-10(6-7-15(18)21-4)16-11-8-13(19-2)14(20-3)9-12(11)17(22-5)23-16/h8-10,16-17H,6-7H2,1-5H3. The van der Waals surface area contributed by atoms with Crippen LogP contribution in [0.2, 0.25) is 0 Å². The summed E-state index contributed by atoms with van der Waals surface area (Å²) in [5.74, 6) is 1.20. The Morgan fingerprint density at radius 1 is 1.13 bits per heavy atom. The monoisotopic (exact) mass is 324 g/mol. The molecule has 1 aromatic carbocycles. The highest BCUT2D eigenvalue weighted by atomic mass is 16.7. The van der Waals surface area contributed by atoms with Crippen LogP contribution in [0.25, 0.3) is 0 Å². The molecule has 0 N–H and O–H groups in total. The second kappa shape index (κ2) is 7.66. The average Bonchev–Trinajstić information content (AvgIpc) is 2.95. The molecule has 0 aliphatic carbocycles. The van der Waals surface area contributed by atoms with Gasteiger partial charge in [-0.05, 0) is 30.0 Å². The molecule has 1 aromatic rings. The van der Waals surface area contributed by atoms with E-state index in [2.05, 4.69) is 0 Å². The lowest BCUT2D eigenvalue weighted by Crippen LogP contribution is -2.12. The number of hydrogen-bond acceptors (Lipinski definition) is 6. The van der Waals surface area contributed by atoms with Gasteiger partial charge in [-0.3, -0.25) is 4.79 Å². The Morgan fingerprint density at radius 2 is 1.74 bits per heavy atom. The molecule has 6 nitrogen and oxygen atoms in total. The Kier molecular flexibility index (Phi) is 5.85. The SMILES string of the molecule is COC(=O)CCC(C)C1OC(OC)c2cc(OC)c(OC)cc21. The number of carbonyl (C=O) groups is 1. The maximum atomic E-state index is 11.4. The number of esters is 1. The lowest BCUT2D eigenvalue weighted by atomic mass is 9.92. The van der Waals surface area contributed by atoms with Gasteiger partial charge in [0.2, 0.25) is 0 Å². The molecule has 128 valence electrons. The van der Waals surface area contributed by atoms with Crippen molar-refractivity contribution in [3.8, 4) is 11.5 Å². The van der Waals surface area contributed by atoms with Gasteiger partial charge in [0.25, 0.3) is 0 Å². The molecular weight excluding hydrogens is 300 g/mol. The summed E-state index contributed by atoms with van der Waals surface area (Å²) in [6.07, 6.45) is 0.411. The lowest BCUT2D eigenvalue weighted by molar-refractivity contribution is -0.156. The molecule has 6 heteroatoms. The van der Waals surface area contributed by atoms with E-state index in [1.807, 2.05) is 19.1 Å². The molecule has 0 radical (unpaired) electrons. The molecule has 3 unspecified atom stereocenters. The molecular formula is C17H24O6. The van der Waals surface area contributed by atoms with Crippen molar-refractivity contribution in [3.63, 3.8) is 0 Å². The van der Waals surface area contributed by atoms with E-state index in [1.54, 1.807) is 21.3 Å². The van der Waals surface area contributed by atoms with Gasteiger partial charge in [-0.25, -0.2) is 0 Å². The van der Waals surface area contributed by atoms with E-state index in [0.717, 1.165) is 11.1 Å². The first-order chi connectivity index (χ1) is 11.0. The van der Waals surface area contributed by atoms with Crippen molar-refractivity contribution in [3.05, 3.63) is 23.3 Å². The molecule has 0 fully saturated rings. The van der Waals surface area contributed by atoms with Gasteiger partial charge in [-0.15, -0.1) is 0 Å². The maximum Gasteiger partial charge on any atom is 0.305 e. The van der Waals surface area contributed by atoms with Crippen LogP contribution in [0, 0.1) is 5.92 Å². The van der Waals surface area contributed by atoms with Gasteiger partial charge in [0.1, 0.15) is 0 Å². The number of fused-ring (bicyclic) bond motifs is 1. The molecule has 23 heavy (non-hydrogen) atoms. The molecule has 2 rings (SSSR count). The van der Waals surface area contributed by atoms with Gasteiger partial charge in [0.15, 0.2) is 17.8 Å². The predicted molar refractivity (Wildman–Crippen MR) is 83.5 cm³/mol. The van der Waals surface area contributed by atoms with E-state index >= 15 is 0 Å². The molecule has 1 heterocycles. The largest absolute Gasteiger partial charge is 0.493 e. The van der Waals surface area contributed by atoms with Crippen molar-refractivity contribution in [2.45, 2.75) is 32.2 Å². The van der Waals surface area contributed by atoms with E-state index in [9.17, 15) is 4.79 Å². The van der Waals surface area contributed by atoms with Gasteiger partial charge >= 0.3 is 5.97 Å². The fourth-order valence-electron chi connectivity index (χ4n) is 2.86. The van der Waals surface area contributed by atoms with E-state index in [0.29, 0.717) is 24.3 Å². The number of benzene rings is 1. The minimum absolute atomic E-state index is 0.131. The number of ether oxygens (including phenoxy) is 5. The number of rotatable bonds is 7. The van der Waals surface area contributed by atoms with Crippen LogP contribution in [0.5, 0.6) is 11.5 Å². The molecule has 0 bridgehead atoms. The first kappa shape index (κ1) is 17.6. The lowest BCUT2D eigenvalue weighted by Gasteiger charge is -2.20. The Balaban J connectivity index is 2.27. The third kappa shape index (κ3) is 3.59. The highest BCUT2D eigenvalue weighted by Gasteiger charge is 2.36. The summed E-state index contributed by atoms with van der Waals surface area (Å²) in [6, 6.07) is 3.81. The van der Waals surface area contributed by atoms with Crippen LogP contribution in [-0.2, 0) is 19.0 Å². The molecule has 0 spiro atoms. The second-order valence-electron chi connectivity index (χ2n) is 5.55. The second-order valence-corrected chi connectivity index (χ2v) is 5.55. The zero-order chi connectivity index (χ0) is 17.0. The zero-order valence-corrected chi connectivity index (χ0v) is 14.3. The first-order valence-electron chi connectivity index (χ1n) is 7.56. The van der Waals surface area contributed by atoms with Crippen molar-refractivity contribution in [1.29, 1.82) is 0 Å². The van der Waals surface area contributed by atoms with Crippen molar-refractivity contribution in [1.82, 2.24) is 0 Å². The van der Waals surface area contributed by atoms with Crippen LogP contribution in [0.15, 0.2) is 12.1 Å². The van der Waals surface area contributed by atoms with Gasteiger partial charge in [0, 0.05) is 19.1 Å². The van der Waals surface area contributed by atoms with Crippen LogP contribution >= 0.6 is 0 Å². The van der Waals surface area contributed by atoms with Crippen LogP contribution in [0.1, 0.15) is 43.3 Å².